The molecule has 1 saturated heterocycles. The van der Waals surface area contributed by atoms with Gasteiger partial charge in [-0.2, -0.15) is 0 Å². The van der Waals surface area contributed by atoms with Crippen LogP contribution in [0.15, 0.2) is 54.6 Å². The standard InChI is InChI=1S/C23H24O4/c1-3-10-18-16-13-8-9-14-17(16)19-20(15-11-6-5-7-12-15)27-22(25)23(18,19)21(24)26-4-2/h5-9,11-14,18-20H,3-4,10H2,1-2H3/t18?,19-,20?,23-/m0/s1. The summed E-state index contributed by atoms with van der Waals surface area (Å²) in [6, 6.07) is 17.7. The summed E-state index contributed by atoms with van der Waals surface area (Å²) in [5, 5.41) is 0. The number of hydrogen-bond donors (Lipinski definition) is 0. The van der Waals surface area contributed by atoms with E-state index < -0.39 is 23.5 Å². The summed E-state index contributed by atoms with van der Waals surface area (Å²) < 4.78 is 11.3. The Morgan fingerprint density at radius 3 is 2.37 bits per heavy atom. The van der Waals surface area contributed by atoms with Gasteiger partial charge in [0.05, 0.1) is 12.5 Å². The van der Waals surface area contributed by atoms with Crippen LogP contribution in [0.2, 0.25) is 0 Å². The molecule has 1 aliphatic heterocycles. The quantitative estimate of drug-likeness (QED) is 0.578. The lowest BCUT2D eigenvalue weighted by Gasteiger charge is -2.30. The van der Waals surface area contributed by atoms with Gasteiger partial charge in [-0.05, 0) is 30.0 Å². The van der Waals surface area contributed by atoms with Crippen LogP contribution in [0.5, 0.6) is 0 Å². The molecule has 4 rings (SSSR count). The Hall–Kier alpha value is -2.62. The average Bonchev–Trinajstić information content (AvgIpc) is 3.16. The summed E-state index contributed by atoms with van der Waals surface area (Å²) in [6.45, 7) is 4.09. The van der Waals surface area contributed by atoms with Crippen molar-refractivity contribution in [3.63, 3.8) is 0 Å². The van der Waals surface area contributed by atoms with Gasteiger partial charge in [-0.1, -0.05) is 67.9 Å². The molecule has 2 aromatic rings. The first-order valence-corrected chi connectivity index (χ1v) is 9.68. The van der Waals surface area contributed by atoms with Gasteiger partial charge in [-0.3, -0.25) is 9.59 Å². The van der Waals surface area contributed by atoms with E-state index in [1.807, 2.05) is 54.6 Å². The molecule has 27 heavy (non-hydrogen) atoms. The topological polar surface area (TPSA) is 52.6 Å². The zero-order chi connectivity index (χ0) is 19.0. The zero-order valence-corrected chi connectivity index (χ0v) is 15.7. The van der Waals surface area contributed by atoms with E-state index in [0.29, 0.717) is 0 Å². The molecule has 4 nitrogen and oxygen atoms in total. The molecule has 2 aliphatic rings. The van der Waals surface area contributed by atoms with Crippen molar-refractivity contribution in [3.05, 3.63) is 71.3 Å². The van der Waals surface area contributed by atoms with Crippen molar-refractivity contribution >= 4 is 11.9 Å². The molecular formula is C23H24O4. The number of ether oxygens (including phenoxy) is 2. The van der Waals surface area contributed by atoms with Crippen LogP contribution in [0.1, 0.15) is 61.3 Å². The Bertz CT molecular complexity index is 860. The largest absolute Gasteiger partial charge is 0.465 e. The fourth-order valence-electron chi connectivity index (χ4n) is 4.95. The molecule has 0 aromatic heterocycles. The maximum absolute atomic E-state index is 13.3. The van der Waals surface area contributed by atoms with Gasteiger partial charge in [0.15, 0.2) is 5.41 Å². The molecule has 4 atom stereocenters. The van der Waals surface area contributed by atoms with Crippen molar-refractivity contribution in [1.82, 2.24) is 0 Å². The van der Waals surface area contributed by atoms with Crippen molar-refractivity contribution in [3.8, 4) is 0 Å². The Morgan fingerprint density at radius 2 is 1.70 bits per heavy atom. The third-order valence-electron chi connectivity index (χ3n) is 5.94. The van der Waals surface area contributed by atoms with Gasteiger partial charge >= 0.3 is 11.9 Å². The number of rotatable bonds is 5. The molecule has 0 amide bonds. The molecular weight excluding hydrogens is 340 g/mol. The minimum Gasteiger partial charge on any atom is -0.465 e. The molecule has 140 valence electrons. The lowest BCUT2D eigenvalue weighted by atomic mass is 9.68. The van der Waals surface area contributed by atoms with Crippen LogP contribution in [0, 0.1) is 5.41 Å². The van der Waals surface area contributed by atoms with Crippen molar-refractivity contribution < 1.29 is 19.1 Å². The molecule has 1 aliphatic carbocycles. The highest BCUT2D eigenvalue weighted by atomic mass is 16.6. The van der Waals surface area contributed by atoms with Crippen LogP contribution in [0.3, 0.4) is 0 Å². The average molecular weight is 364 g/mol. The van der Waals surface area contributed by atoms with E-state index in [0.717, 1.165) is 29.5 Å². The highest BCUT2D eigenvalue weighted by Gasteiger charge is 2.71. The summed E-state index contributed by atoms with van der Waals surface area (Å²) in [4.78, 5) is 26.6. The van der Waals surface area contributed by atoms with E-state index in [-0.39, 0.29) is 18.4 Å². The molecule has 0 N–H and O–H groups in total. The predicted molar refractivity (Wildman–Crippen MR) is 101 cm³/mol. The monoisotopic (exact) mass is 364 g/mol. The number of benzene rings is 2. The lowest BCUT2D eigenvalue weighted by molar-refractivity contribution is -0.166. The number of carbonyl (C=O) groups excluding carboxylic acids is 2. The smallest absolute Gasteiger partial charge is 0.325 e. The van der Waals surface area contributed by atoms with E-state index in [1.54, 1.807) is 6.92 Å². The van der Waals surface area contributed by atoms with Crippen LogP contribution >= 0.6 is 0 Å². The minimum atomic E-state index is -1.30. The van der Waals surface area contributed by atoms with Gasteiger partial charge in [0.2, 0.25) is 0 Å². The fourth-order valence-corrected chi connectivity index (χ4v) is 4.95. The number of carbonyl (C=O) groups is 2. The molecule has 1 heterocycles. The molecule has 2 unspecified atom stereocenters. The second kappa shape index (κ2) is 6.84. The van der Waals surface area contributed by atoms with Gasteiger partial charge in [0, 0.05) is 5.92 Å². The molecule has 2 aromatic carbocycles. The van der Waals surface area contributed by atoms with Crippen LogP contribution in [0.25, 0.3) is 0 Å². The first-order valence-electron chi connectivity index (χ1n) is 9.68. The molecule has 0 spiro atoms. The van der Waals surface area contributed by atoms with Crippen LogP contribution in [-0.4, -0.2) is 18.5 Å². The Kier molecular flexibility index (Phi) is 4.50. The SMILES string of the molecule is CCCC1c2ccccc2[C@H]2C(c3ccccc3)OC(=O)[C@@]12C(=O)OCC. The number of cyclic esters (lactones) is 1. The number of hydrogen-bond acceptors (Lipinski definition) is 4. The van der Waals surface area contributed by atoms with Gasteiger partial charge in [-0.15, -0.1) is 0 Å². The maximum Gasteiger partial charge on any atom is 0.325 e. The Balaban J connectivity index is 1.94. The van der Waals surface area contributed by atoms with E-state index in [2.05, 4.69) is 6.92 Å². The first kappa shape index (κ1) is 17.8. The van der Waals surface area contributed by atoms with Gasteiger partial charge in [-0.25, -0.2) is 0 Å². The highest BCUT2D eigenvalue weighted by molar-refractivity contribution is 6.05. The molecule has 0 bridgehead atoms. The third-order valence-corrected chi connectivity index (χ3v) is 5.94. The number of esters is 2. The highest BCUT2D eigenvalue weighted by Crippen LogP contribution is 2.66. The summed E-state index contributed by atoms with van der Waals surface area (Å²) in [6.07, 6.45) is 1.13. The van der Waals surface area contributed by atoms with Crippen molar-refractivity contribution in [2.45, 2.75) is 44.6 Å². The van der Waals surface area contributed by atoms with E-state index in [9.17, 15) is 9.59 Å². The first-order chi connectivity index (χ1) is 13.2. The van der Waals surface area contributed by atoms with E-state index in [1.165, 1.54) is 0 Å². The molecule has 1 fully saturated rings. The third kappa shape index (κ3) is 2.43. The summed E-state index contributed by atoms with van der Waals surface area (Å²) in [5.74, 6) is -1.48. The van der Waals surface area contributed by atoms with Crippen LogP contribution < -0.4 is 0 Å². The van der Waals surface area contributed by atoms with Gasteiger partial charge < -0.3 is 9.47 Å². The fraction of sp³-hybridized carbons (Fsp3) is 0.391. The normalized spacial score (nSPS) is 28.4. The lowest BCUT2D eigenvalue weighted by Crippen LogP contribution is -2.43. The number of fused-ring (bicyclic) bond motifs is 3. The Morgan fingerprint density at radius 1 is 1.04 bits per heavy atom. The van der Waals surface area contributed by atoms with Crippen molar-refractivity contribution in [2.75, 3.05) is 6.61 Å². The zero-order valence-electron chi connectivity index (χ0n) is 15.7. The van der Waals surface area contributed by atoms with Gasteiger partial charge in [0.1, 0.15) is 6.10 Å². The minimum absolute atomic E-state index is 0.219. The van der Waals surface area contributed by atoms with E-state index >= 15 is 0 Å². The second-order valence-electron chi connectivity index (χ2n) is 7.27. The van der Waals surface area contributed by atoms with Crippen molar-refractivity contribution in [1.29, 1.82) is 0 Å². The van der Waals surface area contributed by atoms with Crippen LogP contribution in [-0.2, 0) is 19.1 Å². The predicted octanol–water partition coefficient (Wildman–Crippen LogP) is 4.52. The summed E-state index contributed by atoms with van der Waals surface area (Å²) in [7, 11) is 0. The van der Waals surface area contributed by atoms with Crippen molar-refractivity contribution in [2.24, 2.45) is 5.41 Å². The summed E-state index contributed by atoms with van der Waals surface area (Å²) >= 11 is 0. The molecule has 4 heteroatoms. The van der Waals surface area contributed by atoms with E-state index in [4.69, 9.17) is 9.47 Å². The maximum atomic E-state index is 13.3. The Labute approximate surface area is 159 Å². The molecule has 0 saturated carbocycles. The molecule has 0 radical (unpaired) electrons. The van der Waals surface area contributed by atoms with Gasteiger partial charge in [0.25, 0.3) is 0 Å². The second-order valence-corrected chi connectivity index (χ2v) is 7.27. The van der Waals surface area contributed by atoms with Crippen LogP contribution in [0.4, 0.5) is 0 Å². The summed E-state index contributed by atoms with van der Waals surface area (Å²) in [5.41, 5.74) is 1.73.